The molecule has 1 unspecified atom stereocenters. The van der Waals surface area contributed by atoms with Crippen LogP contribution >= 0.6 is 11.6 Å². The van der Waals surface area contributed by atoms with Gasteiger partial charge in [-0.2, -0.15) is 0 Å². The lowest BCUT2D eigenvalue weighted by molar-refractivity contribution is 0.355. The van der Waals surface area contributed by atoms with E-state index in [0.29, 0.717) is 22.5 Å². The lowest BCUT2D eigenvalue weighted by Crippen LogP contribution is -2.43. The molecular formula is C13H14ClN3O2. The van der Waals surface area contributed by atoms with Crippen LogP contribution in [0.15, 0.2) is 27.8 Å². The molecule has 0 radical (unpaired) electrons. The maximum absolute atomic E-state index is 12.4. The zero-order valence-corrected chi connectivity index (χ0v) is 11.0. The first-order valence-electron chi connectivity index (χ1n) is 6.31. The molecule has 1 saturated heterocycles. The first-order chi connectivity index (χ1) is 9.16. The van der Waals surface area contributed by atoms with E-state index in [2.05, 4.69) is 10.3 Å². The van der Waals surface area contributed by atoms with Crippen LogP contribution < -0.4 is 16.6 Å². The van der Waals surface area contributed by atoms with Gasteiger partial charge in [-0.25, -0.2) is 4.79 Å². The van der Waals surface area contributed by atoms with Crippen LogP contribution in [0.2, 0.25) is 5.02 Å². The summed E-state index contributed by atoms with van der Waals surface area (Å²) in [5, 5.41) is 4.21. The van der Waals surface area contributed by atoms with Gasteiger partial charge >= 0.3 is 5.69 Å². The third-order valence-corrected chi connectivity index (χ3v) is 3.76. The molecule has 1 aliphatic heterocycles. The molecule has 1 aliphatic rings. The summed E-state index contributed by atoms with van der Waals surface area (Å²) < 4.78 is 1.32. The number of benzene rings is 1. The number of rotatable bonds is 1. The number of H-pyrrole nitrogens is 1. The fraction of sp³-hybridized carbons (Fsp3) is 0.385. The second kappa shape index (κ2) is 4.83. The molecule has 1 aromatic carbocycles. The van der Waals surface area contributed by atoms with E-state index in [1.54, 1.807) is 18.2 Å². The quantitative estimate of drug-likeness (QED) is 0.826. The SMILES string of the molecule is O=c1[nH]c2cc(Cl)ccc2c(=O)n1C1CCCNC1. The van der Waals surface area contributed by atoms with Crippen molar-refractivity contribution < 1.29 is 0 Å². The summed E-state index contributed by atoms with van der Waals surface area (Å²) in [4.78, 5) is 27.3. The van der Waals surface area contributed by atoms with Crippen molar-refractivity contribution in [1.29, 1.82) is 0 Å². The molecule has 100 valence electrons. The van der Waals surface area contributed by atoms with Gasteiger partial charge in [-0.15, -0.1) is 0 Å². The third-order valence-electron chi connectivity index (χ3n) is 3.53. The van der Waals surface area contributed by atoms with E-state index in [9.17, 15) is 9.59 Å². The summed E-state index contributed by atoms with van der Waals surface area (Å²) in [7, 11) is 0. The largest absolute Gasteiger partial charge is 0.329 e. The number of piperidine rings is 1. The molecule has 19 heavy (non-hydrogen) atoms. The topological polar surface area (TPSA) is 66.9 Å². The molecule has 2 N–H and O–H groups in total. The van der Waals surface area contributed by atoms with Crippen LogP contribution in [0.1, 0.15) is 18.9 Å². The van der Waals surface area contributed by atoms with Crippen molar-refractivity contribution in [3.63, 3.8) is 0 Å². The maximum atomic E-state index is 12.4. The van der Waals surface area contributed by atoms with Gasteiger partial charge in [0.1, 0.15) is 0 Å². The van der Waals surface area contributed by atoms with E-state index < -0.39 is 0 Å². The summed E-state index contributed by atoms with van der Waals surface area (Å²) in [6.45, 7) is 1.59. The molecule has 0 aliphatic carbocycles. The van der Waals surface area contributed by atoms with Crippen LogP contribution in [0.3, 0.4) is 0 Å². The molecular weight excluding hydrogens is 266 g/mol. The van der Waals surface area contributed by atoms with E-state index in [4.69, 9.17) is 11.6 Å². The number of fused-ring (bicyclic) bond motifs is 1. The third kappa shape index (κ3) is 2.19. The van der Waals surface area contributed by atoms with Gasteiger partial charge in [0.05, 0.1) is 16.9 Å². The zero-order valence-electron chi connectivity index (χ0n) is 10.3. The molecule has 0 bridgehead atoms. The van der Waals surface area contributed by atoms with Gasteiger partial charge in [-0.05, 0) is 37.6 Å². The van der Waals surface area contributed by atoms with Gasteiger partial charge in [0.15, 0.2) is 0 Å². The number of aromatic amines is 1. The van der Waals surface area contributed by atoms with Gasteiger partial charge in [-0.3, -0.25) is 9.36 Å². The van der Waals surface area contributed by atoms with Gasteiger partial charge in [0.25, 0.3) is 5.56 Å². The van der Waals surface area contributed by atoms with E-state index in [-0.39, 0.29) is 17.3 Å². The van der Waals surface area contributed by atoms with Crippen molar-refractivity contribution in [2.45, 2.75) is 18.9 Å². The standard InChI is InChI=1S/C13H14ClN3O2/c14-8-3-4-10-11(6-8)16-13(19)17(12(10)18)9-2-1-5-15-7-9/h3-4,6,9,15H,1-2,5,7H2,(H,16,19). The van der Waals surface area contributed by atoms with E-state index in [0.717, 1.165) is 19.4 Å². The first-order valence-corrected chi connectivity index (χ1v) is 6.69. The fourth-order valence-corrected chi connectivity index (χ4v) is 2.76. The highest BCUT2D eigenvalue weighted by Crippen LogP contribution is 2.16. The van der Waals surface area contributed by atoms with Crippen LogP contribution in [-0.4, -0.2) is 22.6 Å². The van der Waals surface area contributed by atoms with Gasteiger partial charge in [0, 0.05) is 11.6 Å². The highest BCUT2D eigenvalue weighted by molar-refractivity contribution is 6.31. The Morgan fingerprint density at radius 3 is 2.89 bits per heavy atom. The number of nitrogens with one attached hydrogen (secondary N) is 2. The Morgan fingerprint density at radius 2 is 2.16 bits per heavy atom. The molecule has 1 aromatic heterocycles. The Bertz CT molecular complexity index is 729. The fourth-order valence-electron chi connectivity index (χ4n) is 2.59. The predicted octanol–water partition coefficient (Wildman–Crippen LogP) is 1.27. The Kier molecular flexibility index (Phi) is 3.16. The van der Waals surface area contributed by atoms with Crippen molar-refractivity contribution in [3.8, 4) is 0 Å². The normalized spacial score (nSPS) is 19.7. The molecule has 3 rings (SSSR count). The minimum Gasteiger partial charge on any atom is -0.315 e. The second-order valence-corrected chi connectivity index (χ2v) is 5.23. The summed E-state index contributed by atoms with van der Waals surface area (Å²) >= 11 is 5.87. The highest BCUT2D eigenvalue weighted by atomic mass is 35.5. The molecule has 6 heteroatoms. The smallest absolute Gasteiger partial charge is 0.315 e. The summed E-state index contributed by atoms with van der Waals surface area (Å²) in [6, 6.07) is 4.84. The van der Waals surface area contributed by atoms with Gasteiger partial charge < -0.3 is 10.3 Å². The Balaban J connectivity index is 2.22. The average molecular weight is 280 g/mol. The van der Waals surface area contributed by atoms with Crippen molar-refractivity contribution >= 4 is 22.5 Å². The number of nitrogens with zero attached hydrogens (tertiary/aromatic N) is 1. The minimum atomic E-state index is -0.367. The molecule has 0 amide bonds. The van der Waals surface area contributed by atoms with E-state index in [1.807, 2.05) is 0 Å². The number of aromatic nitrogens is 2. The molecule has 2 aromatic rings. The van der Waals surface area contributed by atoms with E-state index >= 15 is 0 Å². The average Bonchev–Trinajstić information content (AvgIpc) is 2.39. The molecule has 1 fully saturated rings. The molecule has 1 atom stereocenters. The number of halogens is 1. The monoisotopic (exact) mass is 279 g/mol. The van der Waals surface area contributed by atoms with Gasteiger partial charge in [0.2, 0.25) is 0 Å². The van der Waals surface area contributed by atoms with Crippen molar-refractivity contribution in [2.24, 2.45) is 0 Å². The number of hydrogen-bond acceptors (Lipinski definition) is 3. The van der Waals surface area contributed by atoms with Crippen molar-refractivity contribution in [2.75, 3.05) is 13.1 Å². The maximum Gasteiger partial charge on any atom is 0.329 e. The highest BCUT2D eigenvalue weighted by Gasteiger charge is 2.19. The Hall–Kier alpha value is -1.59. The Labute approximate surface area is 114 Å². The lowest BCUT2D eigenvalue weighted by atomic mass is 10.1. The van der Waals surface area contributed by atoms with Crippen LogP contribution in [0.4, 0.5) is 0 Å². The van der Waals surface area contributed by atoms with E-state index in [1.165, 1.54) is 4.57 Å². The van der Waals surface area contributed by atoms with Crippen LogP contribution in [0.25, 0.3) is 10.9 Å². The predicted molar refractivity (Wildman–Crippen MR) is 75.0 cm³/mol. The molecule has 0 spiro atoms. The van der Waals surface area contributed by atoms with Crippen LogP contribution in [0.5, 0.6) is 0 Å². The number of hydrogen-bond donors (Lipinski definition) is 2. The summed E-state index contributed by atoms with van der Waals surface area (Å²) in [6.07, 6.45) is 1.81. The molecule has 2 heterocycles. The first kappa shape index (κ1) is 12.4. The van der Waals surface area contributed by atoms with Crippen LogP contribution in [-0.2, 0) is 0 Å². The van der Waals surface area contributed by atoms with Crippen molar-refractivity contribution in [1.82, 2.24) is 14.9 Å². The molecule has 5 nitrogen and oxygen atoms in total. The summed E-state index contributed by atoms with van der Waals surface area (Å²) in [5.41, 5.74) is -0.125. The minimum absolute atomic E-state index is 0.0786. The zero-order chi connectivity index (χ0) is 13.4. The Morgan fingerprint density at radius 1 is 1.32 bits per heavy atom. The summed E-state index contributed by atoms with van der Waals surface area (Å²) in [5.74, 6) is 0. The van der Waals surface area contributed by atoms with Gasteiger partial charge in [-0.1, -0.05) is 11.6 Å². The van der Waals surface area contributed by atoms with Crippen molar-refractivity contribution in [3.05, 3.63) is 44.1 Å². The lowest BCUT2D eigenvalue weighted by Gasteiger charge is -2.24. The van der Waals surface area contributed by atoms with Crippen LogP contribution in [0, 0.1) is 0 Å². The second-order valence-electron chi connectivity index (χ2n) is 4.80. The molecule has 0 saturated carbocycles.